The van der Waals surface area contributed by atoms with E-state index in [9.17, 15) is 0 Å². The largest absolute Gasteiger partial charge is 0.330 e. The van der Waals surface area contributed by atoms with Gasteiger partial charge in [-0.2, -0.15) is 0 Å². The van der Waals surface area contributed by atoms with Gasteiger partial charge in [-0.3, -0.25) is 0 Å². The van der Waals surface area contributed by atoms with Gasteiger partial charge in [0, 0.05) is 11.1 Å². The molecule has 2 nitrogen and oxygen atoms in total. The minimum atomic E-state index is 0.672. The van der Waals surface area contributed by atoms with Crippen LogP contribution in [0.3, 0.4) is 0 Å². The third kappa shape index (κ3) is 3.34. The highest BCUT2D eigenvalue weighted by Gasteiger charge is 2.04. The molecule has 0 amide bonds. The van der Waals surface area contributed by atoms with Gasteiger partial charge in [-0.05, 0) is 50.1 Å². The molecule has 0 saturated heterocycles. The summed E-state index contributed by atoms with van der Waals surface area (Å²) in [4.78, 5) is 5.76. The predicted molar refractivity (Wildman–Crippen MR) is 77.0 cm³/mol. The lowest BCUT2D eigenvalue weighted by Crippen LogP contribution is -2.03. The van der Waals surface area contributed by atoms with Crippen LogP contribution in [0.1, 0.15) is 16.7 Å². The van der Waals surface area contributed by atoms with Crippen LogP contribution < -0.4 is 5.73 Å². The van der Waals surface area contributed by atoms with Gasteiger partial charge in [0.2, 0.25) is 0 Å². The van der Waals surface area contributed by atoms with E-state index in [1.807, 2.05) is 6.20 Å². The Morgan fingerprint density at radius 1 is 1.22 bits per heavy atom. The second-order valence-electron chi connectivity index (χ2n) is 4.42. The van der Waals surface area contributed by atoms with E-state index in [-0.39, 0.29) is 0 Å². The molecule has 1 aromatic heterocycles. The van der Waals surface area contributed by atoms with Gasteiger partial charge in [0.05, 0.1) is 0 Å². The van der Waals surface area contributed by atoms with Gasteiger partial charge >= 0.3 is 0 Å². The van der Waals surface area contributed by atoms with Gasteiger partial charge in [0.1, 0.15) is 5.03 Å². The van der Waals surface area contributed by atoms with Crippen molar-refractivity contribution in [1.29, 1.82) is 0 Å². The molecule has 2 aromatic rings. The first-order valence-electron chi connectivity index (χ1n) is 6.09. The number of pyridine rings is 1. The van der Waals surface area contributed by atoms with Crippen molar-refractivity contribution in [2.24, 2.45) is 5.73 Å². The number of rotatable bonds is 4. The Morgan fingerprint density at radius 3 is 2.72 bits per heavy atom. The molecule has 1 heterocycles. The maximum atomic E-state index is 5.56. The maximum Gasteiger partial charge on any atom is 0.104 e. The summed E-state index contributed by atoms with van der Waals surface area (Å²) in [6.07, 6.45) is 2.82. The van der Waals surface area contributed by atoms with Crippen LogP contribution in [0.2, 0.25) is 0 Å². The topological polar surface area (TPSA) is 38.9 Å². The number of benzene rings is 1. The van der Waals surface area contributed by atoms with Crippen LogP contribution in [0.25, 0.3) is 0 Å². The zero-order valence-electron chi connectivity index (χ0n) is 10.8. The molecule has 0 bridgehead atoms. The first-order chi connectivity index (χ1) is 8.69. The van der Waals surface area contributed by atoms with Crippen LogP contribution in [0, 0.1) is 13.8 Å². The zero-order valence-corrected chi connectivity index (χ0v) is 11.6. The van der Waals surface area contributed by atoms with Crippen molar-refractivity contribution in [3.8, 4) is 0 Å². The Hall–Kier alpha value is -1.32. The van der Waals surface area contributed by atoms with Gasteiger partial charge in [-0.25, -0.2) is 4.98 Å². The highest BCUT2D eigenvalue weighted by molar-refractivity contribution is 7.99. The van der Waals surface area contributed by atoms with E-state index in [0.29, 0.717) is 6.54 Å². The lowest BCUT2D eigenvalue weighted by molar-refractivity contribution is 0.935. The van der Waals surface area contributed by atoms with Crippen molar-refractivity contribution in [3.63, 3.8) is 0 Å². The average Bonchev–Trinajstić information content (AvgIpc) is 2.33. The molecular formula is C15H18N2S. The Balaban J connectivity index is 2.19. The van der Waals surface area contributed by atoms with Crippen molar-refractivity contribution >= 4 is 11.8 Å². The summed E-state index contributed by atoms with van der Waals surface area (Å²) >= 11 is 1.71. The Labute approximate surface area is 113 Å². The molecule has 1 aromatic carbocycles. The fourth-order valence-corrected chi connectivity index (χ4v) is 2.76. The summed E-state index contributed by atoms with van der Waals surface area (Å²) in [6, 6.07) is 10.7. The molecule has 94 valence electrons. The van der Waals surface area contributed by atoms with Crippen molar-refractivity contribution in [2.45, 2.75) is 30.2 Å². The predicted octanol–water partition coefficient (Wildman–Crippen LogP) is 3.35. The monoisotopic (exact) mass is 258 g/mol. The van der Waals surface area contributed by atoms with E-state index < -0.39 is 0 Å². The molecule has 2 N–H and O–H groups in total. The van der Waals surface area contributed by atoms with Gasteiger partial charge in [0.15, 0.2) is 0 Å². The summed E-state index contributed by atoms with van der Waals surface area (Å²) in [5.41, 5.74) is 9.26. The highest BCUT2D eigenvalue weighted by atomic mass is 32.2. The summed E-state index contributed by atoms with van der Waals surface area (Å²) in [5.74, 6) is 0. The summed E-state index contributed by atoms with van der Waals surface area (Å²) in [7, 11) is 0. The lowest BCUT2D eigenvalue weighted by atomic mass is 10.2. The molecule has 0 aliphatic carbocycles. The standard InChI is InChI=1S/C15H18N2S/c1-11-4-3-5-14(8-11)18-15-12(2)9-13(6-7-16)10-17-15/h3-5,8-10H,6-7,16H2,1-2H3. The minimum Gasteiger partial charge on any atom is -0.330 e. The van der Waals surface area contributed by atoms with Crippen molar-refractivity contribution in [1.82, 2.24) is 4.98 Å². The van der Waals surface area contributed by atoms with Gasteiger partial charge in [-0.1, -0.05) is 35.5 Å². The molecule has 3 heteroatoms. The van der Waals surface area contributed by atoms with E-state index in [1.54, 1.807) is 11.8 Å². The molecule has 2 rings (SSSR count). The molecule has 0 unspecified atom stereocenters. The number of hydrogen-bond donors (Lipinski definition) is 1. The minimum absolute atomic E-state index is 0.672. The van der Waals surface area contributed by atoms with Gasteiger partial charge < -0.3 is 5.73 Å². The number of nitrogens with zero attached hydrogens (tertiary/aromatic N) is 1. The number of aryl methyl sites for hydroxylation is 2. The average molecular weight is 258 g/mol. The third-order valence-corrected chi connectivity index (χ3v) is 3.83. The molecule has 18 heavy (non-hydrogen) atoms. The third-order valence-electron chi connectivity index (χ3n) is 2.72. The summed E-state index contributed by atoms with van der Waals surface area (Å²) < 4.78 is 0. The smallest absolute Gasteiger partial charge is 0.104 e. The number of nitrogens with two attached hydrogens (primary N) is 1. The molecule has 0 atom stereocenters. The Kier molecular flexibility index (Phi) is 4.39. The van der Waals surface area contributed by atoms with Crippen molar-refractivity contribution in [2.75, 3.05) is 6.54 Å². The Morgan fingerprint density at radius 2 is 2.06 bits per heavy atom. The number of hydrogen-bond acceptors (Lipinski definition) is 3. The quantitative estimate of drug-likeness (QED) is 0.914. The van der Waals surface area contributed by atoms with Crippen LogP contribution >= 0.6 is 11.8 Å². The number of aromatic nitrogens is 1. The molecular weight excluding hydrogens is 240 g/mol. The van der Waals surface area contributed by atoms with Gasteiger partial charge in [0.25, 0.3) is 0 Å². The van der Waals surface area contributed by atoms with Crippen molar-refractivity contribution in [3.05, 3.63) is 53.2 Å². The van der Waals surface area contributed by atoms with Gasteiger partial charge in [-0.15, -0.1) is 0 Å². The first kappa shape index (κ1) is 13.1. The maximum absolute atomic E-state index is 5.56. The first-order valence-corrected chi connectivity index (χ1v) is 6.91. The molecule has 0 saturated carbocycles. The second-order valence-corrected chi connectivity index (χ2v) is 5.49. The van der Waals surface area contributed by atoms with Crippen LogP contribution in [-0.2, 0) is 6.42 Å². The normalized spacial score (nSPS) is 10.6. The molecule has 0 fully saturated rings. The second kappa shape index (κ2) is 6.03. The van der Waals surface area contributed by atoms with E-state index >= 15 is 0 Å². The SMILES string of the molecule is Cc1cccc(Sc2ncc(CCN)cc2C)c1. The van der Waals surface area contributed by atoms with Crippen LogP contribution in [-0.4, -0.2) is 11.5 Å². The van der Waals surface area contributed by atoms with Crippen LogP contribution in [0.4, 0.5) is 0 Å². The van der Waals surface area contributed by atoms with Crippen molar-refractivity contribution < 1.29 is 0 Å². The molecule has 0 aliphatic rings. The van der Waals surface area contributed by atoms with E-state index in [0.717, 1.165) is 11.4 Å². The molecule has 0 aliphatic heterocycles. The summed E-state index contributed by atoms with van der Waals surface area (Å²) in [6.45, 7) is 4.88. The molecule has 0 spiro atoms. The van der Waals surface area contributed by atoms with E-state index in [1.165, 1.54) is 21.6 Å². The summed E-state index contributed by atoms with van der Waals surface area (Å²) in [5, 5.41) is 1.07. The van der Waals surface area contributed by atoms with Crippen LogP contribution in [0.15, 0.2) is 46.5 Å². The van der Waals surface area contributed by atoms with E-state index in [4.69, 9.17) is 5.73 Å². The van der Waals surface area contributed by atoms with E-state index in [2.05, 4.69) is 49.2 Å². The highest BCUT2D eigenvalue weighted by Crippen LogP contribution is 2.29. The fourth-order valence-electron chi connectivity index (χ4n) is 1.82. The molecule has 0 radical (unpaired) electrons. The Bertz CT molecular complexity index is 538. The fraction of sp³-hybridized carbons (Fsp3) is 0.267. The lowest BCUT2D eigenvalue weighted by Gasteiger charge is -2.07. The van der Waals surface area contributed by atoms with Crippen LogP contribution in [0.5, 0.6) is 0 Å². The zero-order chi connectivity index (χ0) is 13.0.